The van der Waals surface area contributed by atoms with E-state index < -0.39 is 46.8 Å². The molecule has 0 aliphatic heterocycles. The average Bonchev–Trinajstić information content (AvgIpc) is 2.51. The van der Waals surface area contributed by atoms with E-state index in [-0.39, 0.29) is 10.7 Å². The van der Waals surface area contributed by atoms with E-state index in [1.807, 2.05) is 0 Å². The van der Waals surface area contributed by atoms with Crippen molar-refractivity contribution in [3.63, 3.8) is 0 Å². The first-order valence-electron chi connectivity index (χ1n) is 6.69. The van der Waals surface area contributed by atoms with Gasteiger partial charge < -0.3 is 15.7 Å². The highest BCUT2D eigenvalue weighted by Gasteiger charge is 2.34. The number of halogens is 4. The summed E-state index contributed by atoms with van der Waals surface area (Å²) in [5.74, 6) is -2.40. The van der Waals surface area contributed by atoms with Crippen LogP contribution in [0.15, 0.2) is 24.3 Å². The highest BCUT2D eigenvalue weighted by atomic mass is 35.5. The number of rotatable bonds is 6. The van der Waals surface area contributed by atoms with Crippen molar-refractivity contribution in [2.45, 2.75) is 6.18 Å². The van der Waals surface area contributed by atoms with Crippen LogP contribution < -0.4 is 10.6 Å². The third-order valence-electron chi connectivity index (χ3n) is 2.83. The van der Waals surface area contributed by atoms with Crippen molar-refractivity contribution >= 4 is 40.7 Å². The number of nitro groups is 1. The number of aromatic nitrogens is 2. The van der Waals surface area contributed by atoms with Gasteiger partial charge in [-0.15, -0.1) is 0 Å². The zero-order valence-corrected chi connectivity index (χ0v) is 13.3. The summed E-state index contributed by atoms with van der Waals surface area (Å²) < 4.78 is 38.9. The van der Waals surface area contributed by atoms with Crippen molar-refractivity contribution in [1.82, 2.24) is 9.97 Å². The molecule has 0 unspecified atom stereocenters. The minimum Gasteiger partial charge on any atom is -0.480 e. The summed E-state index contributed by atoms with van der Waals surface area (Å²) in [6.45, 7) is -0.724. The first kappa shape index (κ1) is 19.2. The molecule has 0 aliphatic rings. The maximum absolute atomic E-state index is 13.0. The van der Waals surface area contributed by atoms with Crippen molar-refractivity contribution < 1.29 is 28.0 Å². The lowest BCUT2D eigenvalue weighted by Gasteiger charge is -2.12. The normalized spacial score (nSPS) is 11.1. The molecule has 0 saturated carbocycles. The molecule has 0 fully saturated rings. The predicted molar refractivity (Wildman–Crippen MR) is 84.5 cm³/mol. The molecule has 1 aromatic carbocycles. The monoisotopic (exact) mass is 391 g/mol. The Labute approximate surface area is 148 Å². The highest BCUT2D eigenvalue weighted by Crippen LogP contribution is 2.33. The van der Waals surface area contributed by atoms with Gasteiger partial charge in [-0.05, 0) is 12.1 Å². The number of carboxylic acids is 1. The molecule has 138 valence electrons. The molecule has 9 nitrogen and oxygen atoms in total. The fraction of sp³-hybridized carbons (Fsp3) is 0.154. The Kier molecular flexibility index (Phi) is 5.45. The minimum absolute atomic E-state index is 0.104. The number of nitro benzene ring substituents is 1. The maximum Gasteiger partial charge on any atom is 0.433 e. The van der Waals surface area contributed by atoms with E-state index in [0.29, 0.717) is 6.07 Å². The molecule has 2 rings (SSSR count). The first-order valence-corrected chi connectivity index (χ1v) is 7.07. The lowest BCUT2D eigenvalue weighted by molar-refractivity contribution is -0.383. The molecule has 1 aromatic heterocycles. The van der Waals surface area contributed by atoms with Crippen LogP contribution in [-0.4, -0.2) is 32.5 Å². The van der Waals surface area contributed by atoms with E-state index in [1.165, 1.54) is 6.07 Å². The Hall–Kier alpha value is -3.15. The SMILES string of the molecule is O=C(O)CNc1nc(Nc2cc(Cl)ccc2[N+](=O)[O-])cc(C(F)(F)F)n1. The molecule has 1 heterocycles. The topological polar surface area (TPSA) is 130 Å². The molecule has 26 heavy (non-hydrogen) atoms. The summed E-state index contributed by atoms with van der Waals surface area (Å²) in [4.78, 5) is 27.7. The van der Waals surface area contributed by atoms with Gasteiger partial charge in [0.1, 0.15) is 18.1 Å². The zero-order chi connectivity index (χ0) is 19.5. The molecule has 0 aliphatic carbocycles. The number of carbonyl (C=O) groups is 1. The Morgan fingerprint density at radius 3 is 2.58 bits per heavy atom. The van der Waals surface area contributed by atoms with E-state index in [2.05, 4.69) is 20.6 Å². The number of aliphatic carboxylic acids is 1. The van der Waals surface area contributed by atoms with Gasteiger partial charge >= 0.3 is 12.1 Å². The van der Waals surface area contributed by atoms with E-state index >= 15 is 0 Å². The van der Waals surface area contributed by atoms with Crippen LogP contribution in [-0.2, 0) is 11.0 Å². The Balaban J connectivity index is 2.45. The summed E-state index contributed by atoms with van der Waals surface area (Å²) in [7, 11) is 0. The van der Waals surface area contributed by atoms with Crippen LogP contribution in [0.1, 0.15) is 5.69 Å². The molecule has 0 amide bonds. The van der Waals surface area contributed by atoms with Gasteiger partial charge in [0.25, 0.3) is 5.69 Å². The summed E-state index contributed by atoms with van der Waals surface area (Å²) >= 11 is 5.75. The second kappa shape index (κ2) is 7.39. The molecule has 0 bridgehead atoms. The molecule has 2 aromatic rings. The number of hydrogen-bond donors (Lipinski definition) is 3. The number of benzene rings is 1. The van der Waals surface area contributed by atoms with Crippen molar-refractivity contribution in [3.8, 4) is 0 Å². The van der Waals surface area contributed by atoms with Crippen LogP contribution in [0.2, 0.25) is 5.02 Å². The predicted octanol–water partition coefficient (Wildman–Crippen LogP) is 3.30. The lowest BCUT2D eigenvalue weighted by Crippen LogP contribution is -2.17. The van der Waals surface area contributed by atoms with Crippen LogP contribution >= 0.6 is 11.6 Å². The van der Waals surface area contributed by atoms with Crippen LogP contribution in [0, 0.1) is 10.1 Å². The minimum atomic E-state index is -4.85. The molecular weight excluding hydrogens is 383 g/mol. The molecule has 0 radical (unpaired) electrons. The number of hydrogen-bond acceptors (Lipinski definition) is 7. The van der Waals surface area contributed by atoms with Gasteiger partial charge in [-0.1, -0.05) is 11.6 Å². The quantitative estimate of drug-likeness (QED) is 0.505. The fourth-order valence-corrected chi connectivity index (χ4v) is 1.97. The van der Waals surface area contributed by atoms with Crippen LogP contribution in [0.25, 0.3) is 0 Å². The highest BCUT2D eigenvalue weighted by molar-refractivity contribution is 6.31. The Morgan fingerprint density at radius 2 is 2.00 bits per heavy atom. The summed E-state index contributed by atoms with van der Waals surface area (Å²) in [6, 6.07) is 3.97. The van der Waals surface area contributed by atoms with E-state index in [4.69, 9.17) is 16.7 Å². The molecule has 0 saturated heterocycles. The van der Waals surface area contributed by atoms with E-state index in [1.54, 1.807) is 0 Å². The lowest BCUT2D eigenvalue weighted by atomic mass is 10.2. The number of alkyl halides is 3. The van der Waals surface area contributed by atoms with Gasteiger partial charge in [-0.2, -0.15) is 18.2 Å². The van der Waals surface area contributed by atoms with Gasteiger partial charge in [0.15, 0.2) is 5.69 Å². The van der Waals surface area contributed by atoms with E-state index in [0.717, 1.165) is 12.1 Å². The standard InChI is InChI=1S/C13H9ClF3N5O4/c14-6-1-2-8(22(25)26)7(3-6)19-10-4-9(13(15,16)17)20-12(21-10)18-5-11(23)24/h1-4H,5H2,(H,23,24)(H2,18,19,20,21). The molecule has 0 spiro atoms. The second-order valence-corrected chi connectivity index (χ2v) is 5.19. The first-order chi connectivity index (χ1) is 12.1. The summed E-state index contributed by atoms with van der Waals surface area (Å²) in [6.07, 6.45) is -4.85. The number of nitrogens with zero attached hydrogens (tertiary/aromatic N) is 3. The summed E-state index contributed by atoms with van der Waals surface area (Å²) in [5, 5.41) is 24.2. The van der Waals surface area contributed by atoms with Crippen molar-refractivity contribution in [2.75, 3.05) is 17.2 Å². The van der Waals surface area contributed by atoms with Crippen molar-refractivity contribution in [1.29, 1.82) is 0 Å². The molecule has 3 N–H and O–H groups in total. The van der Waals surface area contributed by atoms with Crippen LogP contribution in [0.3, 0.4) is 0 Å². The molecule has 13 heteroatoms. The van der Waals surface area contributed by atoms with Crippen molar-refractivity contribution in [2.24, 2.45) is 0 Å². The Morgan fingerprint density at radius 1 is 1.31 bits per heavy atom. The number of anilines is 3. The summed E-state index contributed by atoms with van der Waals surface area (Å²) in [5.41, 5.74) is -2.01. The smallest absolute Gasteiger partial charge is 0.433 e. The third kappa shape index (κ3) is 4.92. The van der Waals surface area contributed by atoms with Gasteiger partial charge in [0, 0.05) is 17.2 Å². The largest absolute Gasteiger partial charge is 0.480 e. The van der Waals surface area contributed by atoms with Gasteiger partial charge in [0.2, 0.25) is 5.95 Å². The number of nitrogens with one attached hydrogen (secondary N) is 2. The molecule has 0 atom stereocenters. The van der Waals surface area contributed by atoms with Crippen molar-refractivity contribution in [3.05, 3.63) is 45.1 Å². The van der Waals surface area contributed by atoms with Crippen LogP contribution in [0.5, 0.6) is 0 Å². The molecular formula is C13H9ClF3N5O4. The van der Waals surface area contributed by atoms with Gasteiger partial charge in [0.05, 0.1) is 4.92 Å². The third-order valence-corrected chi connectivity index (χ3v) is 3.07. The maximum atomic E-state index is 13.0. The number of carboxylic acid groups (broad SMARTS) is 1. The van der Waals surface area contributed by atoms with Crippen LogP contribution in [0.4, 0.5) is 36.3 Å². The average molecular weight is 392 g/mol. The second-order valence-electron chi connectivity index (χ2n) is 4.75. The zero-order valence-electron chi connectivity index (χ0n) is 12.5. The van der Waals surface area contributed by atoms with Gasteiger partial charge in [-0.3, -0.25) is 14.9 Å². The van der Waals surface area contributed by atoms with Gasteiger partial charge in [-0.25, -0.2) is 4.98 Å². The van der Waals surface area contributed by atoms with E-state index in [9.17, 15) is 28.1 Å². The Bertz CT molecular complexity index is 862. The fourth-order valence-electron chi connectivity index (χ4n) is 1.80.